The van der Waals surface area contributed by atoms with Crippen LogP contribution in [0.1, 0.15) is 39.8 Å². The Bertz CT molecular complexity index is 1350. The standard InChI is InChI=1S/C29H28O5/c1-19-4-8-22(9-5-19)17-32-24-12-13-25-21(3)26(29(31)34-27(25)16-24)14-15-28(30)33-18-23-10-6-20(2)7-11-23/h4-13,16H,14-15,17-18H2,1-3H3. The van der Waals surface area contributed by atoms with Crippen LogP contribution in [0.25, 0.3) is 11.0 Å². The normalized spacial score (nSPS) is 10.9. The first-order valence-corrected chi connectivity index (χ1v) is 11.3. The van der Waals surface area contributed by atoms with E-state index in [-0.39, 0.29) is 25.4 Å². The molecule has 5 heteroatoms. The first kappa shape index (κ1) is 23.3. The zero-order chi connectivity index (χ0) is 24.1. The van der Waals surface area contributed by atoms with Crippen molar-refractivity contribution in [3.63, 3.8) is 0 Å². The van der Waals surface area contributed by atoms with Gasteiger partial charge in [-0.05, 0) is 56.0 Å². The lowest BCUT2D eigenvalue weighted by Gasteiger charge is -2.10. The van der Waals surface area contributed by atoms with Crippen molar-refractivity contribution in [3.8, 4) is 5.75 Å². The molecule has 5 nitrogen and oxygen atoms in total. The maximum Gasteiger partial charge on any atom is 0.339 e. The monoisotopic (exact) mass is 456 g/mol. The van der Waals surface area contributed by atoms with Crippen LogP contribution in [0.15, 0.2) is 75.9 Å². The van der Waals surface area contributed by atoms with Crippen molar-refractivity contribution < 1.29 is 18.7 Å². The summed E-state index contributed by atoms with van der Waals surface area (Å²) in [6.45, 7) is 6.57. The number of fused-ring (bicyclic) bond motifs is 1. The number of esters is 1. The van der Waals surface area contributed by atoms with Crippen LogP contribution in [0.3, 0.4) is 0 Å². The molecule has 0 aliphatic rings. The van der Waals surface area contributed by atoms with E-state index in [1.807, 2.05) is 81.4 Å². The quantitative estimate of drug-likeness (QED) is 0.241. The molecule has 4 rings (SSSR count). The molecule has 0 radical (unpaired) electrons. The molecule has 0 saturated carbocycles. The zero-order valence-electron chi connectivity index (χ0n) is 19.7. The lowest BCUT2D eigenvalue weighted by atomic mass is 10.0. The molecule has 0 atom stereocenters. The number of hydrogen-bond acceptors (Lipinski definition) is 5. The van der Waals surface area contributed by atoms with Crippen molar-refractivity contribution in [2.24, 2.45) is 0 Å². The molecule has 0 spiro atoms. The number of carbonyl (C=O) groups is 1. The molecule has 0 fully saturated rings. The second-order valence-electron chi connectivity index (χ2n) is 8.57. The summed E-state index contributed by atoms with van der Waals surface area (Å²) in [5, 5.41) is 0.824. The summed E-state index contributed by atoms with van der Waals surface area (Å²) in [6.07, 6.45) is 0.378. The summed E-state index contributed by atoms with van der Waals surface area (Å²) in [7, 11) is 0. The molecular weight excluding hydrogens is 428 g/mol. The molecule has 1 aromatic heterocycles. The van der Waals surface area contributed by atoms with E-state index < -0.39 is 5.63 Å². The third-order valence-corrected chi connectivity index (χ3v) is 5.88. The molecular formula is C29H28O5. The second kappa shape index (κ2) is 10.4. The topological polar surface area (TPSA) is 65.7 Å². The van der Waals surface area contributed by atoms with E-state index in [0.29, 0.717) is 23.5 Å². The van der Waals surface area contributed by atoms with E-state index in [0.717, 1.165) is 27.6 Å². The van der Waals surface area contributed by atoms with Crippen molar-refractivity contribution >= 4 is 16.9 Å². The van der Waals surface area contributed by atoms with Gasteiger partial charge in [-0.15, -0.1) is 0 Å². The van der Waals surface area contributed by atoms with Gasteiger partial charge < -0.3 is 13.9 Å². The van der Waals surface area contributed by atoms with Gasteiger partial charge in [-0.3, -0.25) is 4.79 Å². The van der Waals surface area contributed by atoms with Crippen molar-refractivity contribution in [2.45, 2.75) is 46.8 Å². The average Bonchev–Trinajstić information content (AvgIpc) is 2.83. The molecule has 0 saturated heterocycles. The molecule has 1 heterocycles. The smallest absolute Gasteiger partial charge is 0.339 e. The first-order chi connectivity index (χ1) is 16.4. The number of carbonyl (C=O) groups excluding carboxylic acids is 1. The fourth-order valence-electron chi connectivity index (χ4n) is 3.75. The highest BCUT2D eigenvalue weighted by Gasteiger charge is 2.14. The Morgan fingerprint density at radius 1 is 0.824 bits per heavy atom. The van der Waals surface area contributed by atoms with Crippen LogP contribution in [-0.2, 0) is 29.2 Å². The summed E-state index contributed by atoms with van der Waals surface area (Å²) in [6, 6.07) is 21.4. The molecule has 4 aromatic rings. The van der Waals surface area contributed by atoms with Gasteiger partial charge in [-0.25, -0.2) is 4.79 Å². The van der Waals surface area contributed by atoms with Crippen molar-refractivity contribution in [1.82, 2.24) is 0 Å². The Hall–Kier alpha value is -3.86. The first-order valence-electron chi connectivity index (χ1n) is 11.3. The Balaban J connectivity index is 1.40. The van der Waals surface area contributed by atoms with Crippen LogP contribution in [0, 0.1) is 20.8 Å². The van der Waals surface area contributed by atoms with Crippen LogP contribution < -0.4 is 10.4 Å². The molecule has 3 aromatic carbocycles. The van der Waals surface area contributed by atoms with Gasteiger partial charge in [-0.1, -0.05) is 59.7 Å². The summed E-state index contributed by atoms with van der Waals surface area (Å²) < 4.78 is 16.8. The predicted molar refractivity (Wildman–Crippen MR) is 132 cm³/mol. The van der Waals surface area contributed by atoms with Gasteiger partial charge in [0.1, 0.15) is 24.5 Å². The number of ether oxygens (including phenoxy) is 2. The summed E-state index contributed by atoms with van der Waals surface area (Å²) in [4.78, 5) is 24.9. The third-order valence-electron chi connectivity index (χ3n) is 5.88. The van der Waals surface area contributed by atoms with Crippen molar-refractivity contribution in [2.75, 3.05) is 0 Å². The summed E-state index contributed by atoms with van der Waals surface area (Å²) >= 11 is 0. The molecule has 174 valence electrons. The molecule has 0 bridgehead atoms. The van der Waals surface area contributed by atoms with Crippen LogP contribution >= 0.6 is 0 Å². The SMILES string of the molecule is Cc1ccc(COC(=O)CCc2c(C)c3ccc(OCc4ccc(C)cc4)cc3oc2=O)cc1. The van der Waals surface area contributed by atoms with E-state index in [4.69, 9.17) is 13.9 Å². The highest BCUT2D eigenvalue weighted by Crippen LogP contribution is 2.25. The van der Waals surface area contributed by atoms with Crippen molar-refractivity contribution in [3.05, 3.63) is 111 Å². The number of rotatable bonds is 8. The fourth-order valence-corrected chi connectivity index (χ4v) is 3.75. The van der Waals surface area contributed by atoms with Gasteiger partial charge in [0, 0.05) is 23.4 Å². The Kier molecular flexibility index (Phi) is 7.12. The van der Waals surface area contributed by atoms with Gasteiger partial charge in [-0.2, -0.15) is 0 Å². The van der Waals surface area contributed by atoms with E-state index in [9.17, 15) is 9.59 Å². The maximum atomic E-state index is 12.6. The highest BCUT2D eigenvalue weighted by atomic mass is 16.5. The average molecular weight is 457 g/mol. The van der Waals surface area contributed by atoms with Crippen LogP contribution in [0.2, 0.25) is 0 Å². The van der Waals surface area contributed by atoms with E-state index >= 15 is 0 Å². The Morgan fingerprint density at radius 3 is 2.09 bits per heavy atom. The third kappa shape index (κ3) is 5.73. The second-order valence-corrected chi connectivity index (χ2v) is 8.57. The van der Waals surface area contributed by atoms with Gasteiger partial charge in [0.05, 0.1) is 0 Å². The summed E-state index contributed by atoms with van der Waals surface area (Å²) in [5.74, 6) is 0.280. The minimum Gasteiger partial charge on any atom is -0.489 e. The summed E-state index contributed by atoms with van der Waals surface area (Å²) in [5.41, 5.74) is 5.67. The lowest BCUT2D eigenvalue weighted by Crippen LogP contribution is -2.14. The van der Waals surface area contributed by atoms with Gasteiger partial charge in [0.25, 0.3) is 0 Å². The predicted octanol–water partition coefficient (Wildman–Crippen LogP) is 5.97. The van der Waals surface area contributed by atoms with E-state index in [1.54, 1.807) is 6.07 Å². The van der Waals surface area contributed by atoms with Gasteiger partial charge in [0.2, 0.25) is 0 Å². The molecule has 0 amide bonds. The van der Waals surface area contributed by atoms with Crippen LogP contribution in [-0.4, -0.2) is 5.97 Å². The lowest BCUT2D eigenvalue weighted by molar-refractivity contribution is -0.144. The Labute approximate surface area is 199 Å². The largest absolute Gasteiger partial charge is 0.489 e. The molecule has 0 N–H and O–H groups in total. The number of benzene rings is 3. The van der Waals surface area contributed by atoms with Gasteiger partial charge >= 0.3 is 11.6 Å². The van der Waals surface area contributed by atoms with Crippen molar-refractivity contribution in [1.29, 1.82) is 0 Å². The maximum absolute atomic E-state index is 12.6. The number of hydrogen-bond donors (Lipinski definition) is 0. The molecule has 0 unspecified atom stereocenters. The highest BCUT2D eigenvalue weighted by molar-refractivity contribution is 5.82. The fraction of sp³-hybridized carbons (Fsp3) is 0.241. The van der Waals surface area contributed by atoms with E-state index in [2.05, 4.69) is 0 Å². The minimum absolute atomic E-state index is 0.112. The minimum atomic E-state index is -0.438. The van der Waals surface area contributed by atoms with E-state index in [1.165, 1.54) is 5.56 Å². The zero-order valence-corrected chi connectivity index (χ0v) is 19.7. The Morgan fingerprint density at radius 2 is 1.44 bits per heavy atom. The van der Waals surface area contributed by atoms with Crippen LogP contribution in [0.4, 0.5) is 0 Å². The van der Waals surface area contributed by atoms with Crippen LogP contribution in [0.5, 0.6) is 5.75 Å². The van der Waals surface area contributed by atoms with Gasteiger partial charge in [0.15, 0.2) is 0 Å². The molecule has 34 heavy (non-hydrogen) atoms. The number of aryl methyl sites for hydroxylation is 3. The molecule has 0 aliphatic heterocycles. The molecule has 0 aliphatic carbocycles.